The standard InChI is InChI=1S/C22H26N4OS/c1-15(2)12-26-7-3-4-18(13-26)22(27)25-21-9-19-8-16(20-11-23-14-28-20)5-6-17(19)10-24-21/h5-6,8-11,14-15,18H,3-4,7,12-13H2,1-2H3,(H,24,25,27). The van der Waals surface area contributed by atoms with Crippen molar-refractivity contribution in [2.75, 3.05) is 25.0 Å². The summed E-state index contributed by atoms with van der Waals surface area (Å²) < 4.78 is 0. The molecule has 5 nitrogen and oxygen atoms in total. The number of carbonyl (C=O) groups excluding carboxylic acids is 1. The van der Waals surface area contributed by atoms with Gasteiger partial charge >= 0.3 is 0 Å². The Hall–Kier alpha value is -2.31. The summed E-state index contributed by atoms with van der Waals surface area (Å²) in [6, 6.07) is 8.24. The van der Waals surface area contributed by atoms with Crippen LogP contribution in [0.2, 0.25) is 0 Å². The molecule has 0 bridgehead atoms. The summed E-state index contributed by atoms with van der Waals surface area (Å²) in [5.74, 6) is 1.36. The van der Waals surface area contributed by atoms with Crippen LogP contribution in [0.3, 0.4) is 0 Å². The zero-order valence-corrected chi connectivity index (χ0v) is 17.2. The molecule has 146 valence electrons. The molecule has 0 saturated carbocycles. The van der Waals surface area contributed by atoms with E-state index in [1.807, 2.05) is 24.0 Å². The predicted molar refractivity (Wildman–Crippen MR) is 115 cm³/mol. The molecule has 1 aliphatic rings. The smallest absolute Gasteiger partial charge is 0.229 e. The van der Waals surface area contributed by atoms with Gasteiger partial charge in [-0.2, -0.15) is 0 Å². The SMILES string of the molecule is CC(C)CN1CCCC(C(=O)Nc2cc3cc(-c4cncs4)ccc3cn2)C1. The van der Waals surface area contributed by atoms with Gasteiger partial charge in [0.2, 0.25) is 5.91 Å². The van der Waals surface area contributed by atoms with Crippen LogP contribution < -0.4 is 5.32 Å². The highest BCUT2D eigenvalue weighted by Crippen LogP contribution is 2.28. The second-order valence-corrected chi connectivity index (χ2v) is 8.87. The lowest BCUT2D eigenvalue weighted by molar-refractivity contribution is -0.121. The number of nitrogens with zero attached hydrogens (tertiary/aromatic N) is 3. The molecule has 1 saturated heterocycles. The Morgan fingerprint density at radius 3 is 2.96 bits per heavy atom. The Balaban J connectivity index is 1.48. The minimum atomic E-state index is 0.0357. The van der Waals surface area contributed by atoms with E-state index in [-0.39, 0.29) is 11.8 Å². The van der Waals surface area contributed by atoms with Gasteiger partial charge in [0.15, 0.2) is 0 Å². The summed E-state index contributed by atoms with van der Waals surface area (Å²) in [6.45, 7) is 7.44. The van der Waals surface area contributed by atoms with Gasteiger partial charge in [-0.25, -0.2) is 4.98 Å². The van der Waals surface area contributed by atoms with Gasteiger partial charge in [-0.05, 0) is 48.4 Å². The summed E-state index contributed by atoms with van der Waals surface area (Å²) in [4.78, 5) is 25.0. The molecule has 1 amide bonds. The monoisotopic (exact) mass is 394 g/mol. The highest BCUT2D eigenvalue weighted by atomic mass is 32.1. The Labute approximate surface area is 169 Å². The minimum Gasteiger partial charge on any atom is -0.310 e. The van der Waals surface area contributed by atoms with Crippen molar-refractivity contribution in [1.82, 2.24) is 14.9 Å². The first-order valence-electron chi connectivity index (χ1n) is 9.90. The molecule has 1 fully saturated rings. The van der Waals surface area contributed by atoms with Crippen LogP contribution in [0.25, 0.3) is 21.2 Å². The minimum absolute atomic E-state index is 0.0357. The first-order valence-corrected chi connectivity index (χ1v) is 10.8. The highest BCUT2D eigenvalue weighted by Gasteiger charge is 2.26. The van der Waals surface area contributed by atoms with Gasteiger partial charge in [-0.3, -0.25) is 9.78 Å². The normalized spacial score (nSPS) is 17.9. The number of rotatable bonds is 5. The number of anilines is 1. The maximum absolute atomic E-state index is 12.8. The lowest BCUT2D eigenvalue weighted by Crippen LogP contribution is -2.42. The van der Waals surface area contributed by atoms with Crippen LogP contribution in [-0.4, -0.2) is 40.4 Å². The van der Waals surface area contributed by atoms with Gasteiger partial charge in [0.05, 0.1) is 16.3 Å². The number of fused-ring (bicyclic) bond motifs is 1. The van der Waals surface area contributed by atoms with E-state index in [1.54, 1.807) is 11.3 Å². The third kappa shape index (κ3) is 4.39. The summed E-state index contributed by atoms with van der Waals surface area (Å²) >= 11 is 1.62. The van der Waals surface area contributed by atoms with Crippen LogP contribution >= 0.6 is 11.3 Å². The third-order valence-corrected chi connectivity index (χ3v) is 6.01. The van der Waals surface area contributed by atoms with Crippen molar-refractivity contribution in [3.8, 4) is 10.4 Å². The van der Waals surface area contributed by atoms with Crippen molar-refractivity contribution in [2.45, 2.75) is 26.7 Å². The lowest BCUT2D eigenvalue weighted by atomic mass is 9.96. The van der Waals surface area contributed by atoms with Crippen LogP contribution in [0.15, 0.2) is 42.2 Å². The number of amides is 1. The van der Waals surface area contributed by atoms with Crippen LogP contribution in [0.4, 0.5) is 5.82 Å². The molecule has 2 aromatic heterocycles. The number of piperidine rings is 1. The Bertz CT molecular complexity index is 954. The molecule has 3 heterocycles. The molecule has 6 heteroatoms. The Kier molecular flexibility index (Phi) is 5.69. The average Bonchev–Trinajstić information content (AvgIpc) is 3.22. The first kappa shape index (κ1) is 19.0. The number of hydrogen-bond donors (Lipinski definition) is 1. The van der Waals surface area contributed by atoms with Gasteiger partial charge in [0.25, 0.3) is 0 Å². The predicted octanol–water partition coefficient (Wildman–Crippen LogP) is 4.66. The summed E-state index contributed by atoms with van der Waals surface area (Å²) in [6.07, 6.45) is 5.73. The lowest BCUT2D eigenvalue weighted by Gasteiger charge is -2.32. The quantitative estimate of drug-likeness (QED) is 0.683. The molecule has 1 N–H and O–H groups in total. The molecule has 1 aliphatic heterocycles. The third-order valence-electron chi connectivity index (χ3n) is 5.19. The topological polar surface area (TPSA) is 58.1 Å². The molecular weight excluding hydrogens is 368 g/mol. The molecular formula is C22H26N4OS. The fraction of sp³-hybridized carbons (Fsp3) is 0.409. The van der Waals surface area contributed by atoms with Crippen molar-refractivity contribution in [2.24, 2.45) is 11.8 Å². The largest absolute Gasteiger partial charge is 0.310 e. The zero-order chi connectivity index (χ0) is 19.5. The first-order chi connectivity index (χ1) is 13.6. The van der Waals surface area contributed by atoms with Gasteiger partial charge in [-0.1, -0.05) is 26.0 Å². The zero-order valence-electron chi connectivity index (χ0n) is 16.4. The van der Waals surface area contributed by atoms with E-state index in [1.165, 1.54) is 0 Å². The number of thiazole rings is 1. The Morgan fingerprint density at radius 2 is 2.18 bits per heavy atom. The van der Waals surface area contributed by atoms with Gasteiger partial charge < -0.3 is 10.2 Å². The molecule has 1 aromatic carbocycles. The summed E-state index contributed by atoms with van der Waals surface area (Å²) in [7, 11) is 0. The number of hydrogen-bond acceptors (Lipinski definition) is 5. The van der Waals surface area contributed by atoms with E-state index in [2.05, 4.69) is 52.2 Å². The molecule has 1 unspecified atom stereocenters. The molecule has 4 rings (SSSR count). The van der Waals surface area contributed by atoms with Gasteiger partial charge in [0, 0.05) is 30.9 Å². The average molecular weight is 395 g/mol. The maximum atomic E-state index is 12.8. The van der Waals surface area contributed by atoms with Crippen LogP contribution in [0, 0.1) is 11.8 Å². The van der Waals surface area contributed by atoms with Crippen molar-refractivity contribution in [3.63, 3.8) is 0 Å². The molecule has 28 heavy (non-hydrogen) atoms. The van der Waals surface area contributed by atoms with Crippen LogP contribution in [-0.2, 0) is 4.79 Å². The van der Waals surface area contributed by atoms with Crippen molar-refractivity contribution < 1.29 is 4.79 Å². The summed E-state index contributed by atoms with van der Waals surface area (Å²) in [5.41, 5.74) is 2.97. The van der Waals surface area contributed by atoms with Crippen molar-refractivity contribution in [1.29, 1.82) is 0 Å². The number of benzene rings is 1. The molecule has 3 aromatic rings. The van der Waals surface area contributed by atoms with Crippen molar-refractivity contribution >= 4 is 33.8 Å². The number of nitrogens with one attached hydrogen (secondary N) is 1. The number of pyridine rings is 1. The van der Waals surface area contributed by atoms with E-state index < -0.39 is 0 Å². The maximum Gasteiger partial charge on any atom is 0.229 e. The molecule has 0 aliphatic carbocycles. The molecule has 0 spiro atoms. The van der Waals surface area contributed by atoms with Crippen LogP contribution in [0.5, 0.6) is 0 Å². The number of likely N-dealkylation sites (tertiary alicyclic amines) is 1. The van der Waals surface area contributed by atoms with E-state index in [9.17, 15) is 4.79 Å². The number of aromatic nitrogens is 2. The van der Waals surface area contributed by atoms with E-state index in [0.29, 0.717) is 11.7 Å². The Morgan fingerprint density at radius 1 is 1.29 bits per heavy atom. The second kappa shape index (κ2) is 8.37. The fourth-order valence-electron chi connectivity index (χ4n) is 3.90. The van der Waals surface area contributed by atoms with Crippen molar-refractivity contribution in [3.05, 3.63) is 42.2 Å². The van der Waals surface area contributed by atoms with E-state index in [0.717, 1.165) is 53.7 Å². The summed E-state index contributed by atoms with van der Waals surface area (Å²) in [5, 5.41) is 5.18. The molecule has 0 radical (unpaired) electrons. The highest BCUT2D eigenvalue weighted by molar-refractivity contribution is 7.13. The fourth-order valence-corrected chi connectivity index (χ4v) is 4.52. The van der Waals surface area contributed by atoms with E-state index >= 15 is 0 Å². The number of carbonyl (C=O) groups is 1. The van der Waals surface area contributed by atoms with Gasteiger partial charge in [-0.15, -0.1) is 11.3 Å². The van der Waals surface area contributed by atoms with Crippen LogP contribution in [0.1, 0.15) is 26.7 Å². The van der Waals surface area contributed by atoms with E-state index in [4.69, 9.17) is 0 Å². The molecule has 1 atom stereocenters. The van der Waals surface area contributed by atoms with Gasteiger partial charge in [0.1, 0.15) is 5.82 Å². The second-order valence-electron chi connectivity index (χ2n) is 7.98.